The van der Waals surface area contributed by atoms with Gasteiger partial charge in [0.25, 0.3) is 5.91 Å². The number of halogens is 1. The number of carbonyl (C=O) groups excluding carboxylic acids is 2. The molecular formula is C29H23BrN4O3. The molecule has 8 heteroatoms. The molecule has 7 nitrogen and oxygen atoms in total. The number of ketones is 1. The summed E-state index contributed by atoms with van der Waals surface area (Å²) in [5, 5.41) is 14.8. The maximum Gasteiger partial charge on any atom is 0.251 e. The van der Waals surface area contributed by atoms with E-state index in [9.17, 15) is 14.9 Å². The standard InChI is InChI=1S/C29H23BrN4O3/c1-34-15-23(17-6-5-7-19(12-17)37-2)28(16-31,26(35)21-14-32-24-9-4-3-8-20(21)24)29(34)22-11-10-18(30)13-25(22)33-27(29)36/h3-14,23,32H,15H2,1-2H3,(H,33,36)/t23-,28+,29?/m0/s1. The van der Waals surface area contributed by atoms with E-state index >= 15 is 0 Å². The van der Waals surface area contributed by atoms with Crippen LogP contribution in [0.3, 0.4) is 0 Å². The third-order valence-electron chi connectivity index (χ3n) is 7.94. The topological polar surface area (TPSA) is 98.2 Å². The summed E-state index contributed by atoms with van der Waals surface area (Å²) in [6.07, 6.45) is 1.65. The highest BCUT2D eigenvalue weighted by Crippen LogP contribution is 2.63. The first-order valence-electron chi connectivity index (χ1n) is 11.9. The van der Waals surface area contributed by atoms with Crippen molar-refractivity contribution >= 4 is 44.2 Å². The number of ether oxygens (including phenoxy) is 1. The van der Waals surface area contributed by atoms with E-state index in [1.54, 1.807) is 13.3 Å². The molecule has 1 aromatic heterocycles. The number of nitrogens with zero attached hydrogens (tertiary/aromatic N) is 2. The minimum Gasteiger partial charge on any atom is -0.497 e. The van der Waals surface area contributed by atoms with E-state index in [0.717, 1.165) is 15.6 Å². The van der Waals surface area contributed by atoms with Gasteiger partial charge in [0, 0.05) is 50.8 Å². The van der Waals surface area contributed by atoms with Crippen molar-refractivity contribution in [2.24, 2.45) is 5.41 Å². The number of fused-ring (bicyclic) bond motifs is 3. The van der Waals surface area contributed by atoms with Crippen LogP contribution in [0.15, 0.2) is 77.4 Å². The molecule has 0 radical (unpaired) electrons. The van der Waals surface area contributed by atoms with E-state index in [4.69, 9.17) is 4.74 Å². The number of para-hydroxylation sites is 1. The number of carbonyl (C=O) groups is 2. The monoisotopic (exact) mass is 554 g/mol. The van der Waals surface area contributed by atoms with Gasteiger partial charge in [0.2, 0.25) is 0 Å². The van der Waals surface area contributed by atoms with E-state index in [0.29, 0.717) is 34.5 Å². The molecule has 3 heterocycles. The number of hydrogen-bond donors (Lipinski definition) is 2. The molecule has 184 valence electrons. The van der Waals surface area contributed by atoms with Crippen molar-refractivity contribution in [2.75, 3.05) is 26.0 Å². The summed E-state index contributed by atoms with van der Waals surface area (Å²) < 4.78 is 6.26. The number of benzene rings is 3. The van der Waals surface area contributed by atoms with Crippen molar-refractivity contribution in [1.82, 2.24) is 9.88 Å². The summed E-state index contributed by atoms with van der Waals surface area (Å²) in [4.78, 5) is 34.0. The van der Waals surface area contributed by atoms with Crippen LogP contribution in [0.4, 0.5) is 5.69 Å². The van der Waals surface area contributed by atoms with E-state index in [-0.39, 0.29) is 5.91 Å². The summed E-state index contributed by atoms with van der Waals surface area (Å²) in [6, 6.07) is 22.8. The van der Waals surface area contributed by atoms with E-state index < -0.39 is 22.7 Å². The van der Waals surface area contributed by atoms with Gasteiger partial charge in [0.15, 0.2) is 16.7 Å². The highest BCUT2D eigenvalue weighted by Gasteiger charge is 2.74. The Hall–Kier alpha value is -3.93. The number of amides is 1. The minimum atomic E-state index is -1.78. The zero-order valence-corrected chi connectivity index (χ0v) is 21.8. The molecular weight excluding hydrogens is 532 g/mol. The molecule has 2 aliphatic heterocycles. The number of H-pyrrole nitrogens is 1. The van der Waals surface area contributed by atoms with Crippen molar-refractivity contribution in [3.8, 4) is 11.8 Å². The quantitative estimate of drug-likeness (QED) is 0.337. The lowest BCUT2D eigenvalue weighted by Gasteiger charge is -2.41. The number of aromatic amines is 1. The highest BCUT2D eigenvalue weighted by molar-refractivity contribution is 9.10. The fourth-order valence-electron chi connectivity index (χ4n) is 6.36. The lowest BCUT2D eigenvalue weighted by Crippen LogP contribution is -2.58. The van der Waals surface area contributed by atoms with Gasteiger partial charge in [-0.15, -0.1) is 0 Å². The van der Waals surface area contributed by atoms with E-state index in [2.05, 4.69) is 32.3 Å². The van der Waals surface area contributed by atoms with Crippen LogP contribution in [0.2, 0.25) is 0 Å². The second kappa shape index (κ2) is 8.30. The molecule has 0 bridgehead atoms. The Kier molecular flexibility index (Phi) is 5.26. The Morgan fingerprint density at radius 3 is 2.76 bits per heavy atom. The van der Waals surface area contributed by atoms with Crippen LogP contribution in [-0.4, -0.2) is 42.3 Å². The number of nitrogens with one attached hydrogen (secondary N) is 2. The third-order valence-corrected chi connectivity index (χ3v) is 8.43. The molecule has 0 saturated carbocycles. The molecule has 1 fully saturated rings. The molecule has 2 N–H and O–H groups in total. The van der Waals surface area contributed by atoms with E-state index in [1.807, 2.05) is 78.7 Å². The summed E-state index contributed by atoms with van der Waals surface area (Å²) in [5.74, 6) is -0.773. The van der Waals surface area contributed by atoms with Crippen molar-refractivity contribution in [2.45, 2.75) is 11.5 Å². The zero-order valence-electron chi connectivity index (χ0n) is 20.2. The number of rotatable bonds is 4. The number of likely N-dealkylation sites (N-methyl/N-ethyl adjacent to an activating group) is 1. The van der Waals surface area contributed by atoms with Crippen LogP contribution in [0.5, 0.6) is 5.75 Å². The van der Waals surface area contributed by atoms with Gasteiger partial charge in [-0.3, -0.25) is 14.5 Å². The fourth-order valence-corrected chi connectivity index (χ4v) is 6.72. The summed E-state index contributed by atoms with van der Waals surface area (Å²) in [6.45, 7) is 0.317. The second-order valence-electron chi connectivity index (χ2n) is 9.56. The van der Waals surface area contributed by atoms with Gasteiger partial charge >= 0.3 is 0 Å². The Labute approximate surface area is 222 Å². The molecule has 0 aliphatic carbocycles. The van der Waals surface area contributed by atoms with Gasteiger partial charge in [-0.05, 0) is 42.9 Å². The van der Waals surface area contributed by atoms with Gasteiger partial charge in [0.1, 0.15) is 5.75 Å². The van der Waals surface area contributed by atoms with Crippen molar-refractivity contribution < 1.29 is 14.3 Å². The van der Waals surface area contributed by atoms with Crippen LogP contribution < -0.4 is 10.1 Å². The maximum atomic E-state index is 14.9. The Balaban J connectivity index is 1.68. The minimum absolute atomic E-state index is 0.317. The molecule has 1 unspecified atom stereocenters. The van der Waals surface area contributed by atoms with E-state index in [1.165, 1.54) is 0 Å². The molecule has 3 atom stereocenters. The molecule has 1 spiro atoms. The largest absolute Gasteiger partial charge is 0.497 e. The van der Waals surface area contributed by atoms with Crippen LogP contribution in [0.1, 0.15) is 27.4 Å². The number of anilines is 1. The van der Waals surface area contributed by atoms with Gasteiger partial charge < -0.3 is 15.0 Å². The van der Waals surface area contributed by atoms with Crippen LogP contribution in [-0.2, 0) is 10.3 Å². The van der Waals surface area contributed by atoms with Crippen molar-refractivity contribution in [1.29, 1.82) is 5.26 Å². The molecule has 3 aromatic carbocycles. The zero-order chi connectivity index (χ0) is 25.9. The Morgan fingerprint density at radius 2 is 1.97 bits per heavy atom. The summed E-state index contributed by atoms with van der Waals surface area (Å²) in [7, 11) is 3.39. The number of methoxy groups -OCH3 is 1. The first-order valence-corrected chi connectivity index (χ1v) is 12.7. The number of nitriles is 1. The van der Waals surface area contributed by atoms with Gasteiger partial charge in [-0.2, -0.15) is 5.26 Å². The molecule has 6 rings (SSSR count). The normalized spacial score (nSPS) is 24.7. The number of Topliss-reactive ketones (excluding diaryl/α,β-unsaturated/α-hetero) is 1. The van der Waals surface area contributed by atoms with Crippen LogP contribution in [0.25, 0.3) is 10.9 Å². The lowest BCUT2D eigenvalue weighted by atomic mass is 9.58. The smallest absolute Gasteiger partial charge is 0.251 e. The highest BCUT2D eigenvalue weighted by atomic mass is 79.9. The molecule has 1 amide bonds. The van der Waals surface area contributed by atoms with Crippen LogP contribution in [0, 0.1) is 16.7 Å². The Morgan fingerprint density at radius 1 is 1.16 bits per heavy atom. The average Bonchev–Trinajstić information content (AvgIpc) is 3.55. The number of hydrogen-bond acceptors (Lipinski definition) is 5. The molecule has 2 aliphatic rings. The van der Waals surface area contributed by atoms with Crippen molar-refractivity contribution in [3.05, 3.63) is 94.1 Å². The molecule has 1 saturated heterocycles. The molecule has 4 aromatic rings. The predicted molar refractivity (Wildman–Crippen MR) is 143 cm³/mol. The fraction of sp³-hybridized carbons (Fsp3) is 0.207. The lowest BCUT2D eigenvalue weighted by molar-refractivity contribution is -0.128. The number of likely N-dealkylation sites (tertiary alicyclic amines) is 1. The number of aromatic nitrogens is 1. The molecule has 37 heavy (non-hydrogen) atoms. The van der Waals surface area contributed by atoms with Gasteiger partial charge in [-0.25, -0.2) is 0 Å². The van der Waals surface area contributed by atoms with Crippen LogP contribution >= 0.6 is 15.9 Å². The Bertz CT molecular complexity index is 1640. The summed E-state index contributed by atoms with van der Waals surface area (Å²) in [5.41, 5.74) is -0.178. The third kappa shape index (κ3) is 2.95. The average molecular weight is 555 g/mol. The predicted octanol–water partition coefficient (Wildman–Crippen LogP) is 5.21. The second-order valence-corrected chi connectivity index (χ2v) is 10.5. The SMILES string of the molecule is COc1cccc([C@@H]2CN(C)C3(C(=O)Nc4cc(Br)ccc43)[C@@]2(C#N)C(=O)c2c[nH]c3ccccc23)c1. The van der Waals surface area contributed by atoms with Gasteiger partial charge in [-0.1, -0.05) is 52.3 Å². The first-order chi connectivity index (χ1) is 17.9. The summed E-state index contributed by atoms with van der Waals surface area (Å²) >= 11 is 3.48. The first kappa shape index (κ1) is 23.5. The maximum absolute atomic E-state index is 14.9. The van der Waals surface area contributed by atoms with Crippen molar-refractivity contribution in [3.63, 3.8) is 0 Å². The van der Waals surface area contributed by atoms with Gasteiger partial charge in [0.05, 0.1) is 13.2 Å².